The number of carbonyl (C=O) groups excluding carboxylic acids is 1. The molecule has 2 aromatic rings. The Kier molecular flexibility index (Phi) is 5.65. The van der Waals surface area contributed by atoms with Crippen molar-refractivity contribution in [1.82, 2.24) is 14.7 Å². The number of carboxylic acid groups (broad SMARTS) is 1. The highest BCUT2D eigenvalue weighted by atomic mass is 19.1. The summed E-state index contributed by atoms with van der Waals surface area (Å²) in [6.45, 7) is 1.25. The van der Waals surface area contributed by atoms with Crippen LogP contribution in [0.1, 0.15) is 60.3 Å². The number of aliphatic carboxylic acids is 1. The van der Waals surface area contributed by atoms with Crippen LogP contribution in [0, 0.1) is 11.7 Å². The molecule has 1 atom stereocenters. The summed E-state index contributed by atoms with van der Waals surface area (Å²) in [6.07, 6.45) is 6.24. The van der Waals surface area contributed by atoms with Gasteiger partial charge in [0.15, 0.2) is 5.69 Å². The van der Waals surface area contributed by atoms with E-state index >= 15 is 0 Å². The zero-order chi connectivity index (χ0) is 20.4. The Hall–Kier alpha value is -2.70. The molecular weight excluding hydrogens is 373 g/mol. The van der Waals surface area contributed by atoms with Crippen molar-refractivity contribution in [3.63, 3.8) is 0 Å². The monoisotopic (exact) mass is 399 g/mol. The second-order valence-electron chi connectivity index (χ2n) is 8.06. The van der Waals surface area contributed by atoms with Crippen LogP contribution >= 0.6 is 0 Å². The number of fused-ring (bicyclic) bond motifs is 1. The lowest BCUT2D eigenvalue weighted by Gasteiger charge is -2.32. The fourth-order valence-corrected chi connectivity index (χ4v) is 4.55. The van der Waals surface area contributed by atoms with Gasteiger partial charge >= 0.3 is 5.97 Å². The number of likely N-dealkylation sites (tertiary alicyclic amines) is 1. The number of piperidine rings is 1. The number of amides is 1. The van der Waals surface area contributed by atoms with Gasteiger partial charge < -0.3 is 10.0 Å². The van der Waals surface area contributed by atoms with Crippen molar-refractivity contribution in [3.05, 3.63) is 47.0 Å². The van der Waals surface area contributed by atoms with E-state index in [4.69, 9.17) is 5.11 Å². The van der Waals surface area contributed by atoms with Crippen LogP contribution in [-0.2, 0) is 17.6 Å². The van der Waals surface area contributed by atoms with Crippen LogP contribution in [-0.4, -0.2) is 44.8 Å². The molecule has 1 aromatic carbocycles. The van der Waals surface area contributed by atoms with Crippen LogP contribution in [0.4, 0.5) is 4.39 Å². The van der Waals surface area contributed by atoms with Gasteiger partial charge in [0, 0.05) is 30.8 Å². The number of rotatable bonds is 5. The molecule has 0 radical (unpaired) electrons. The minimum absolute atomic E-state index is 0.0849. The van der Waals surface area contributed by atoms with Crippen LogP contribution in [0.25, 0.3) is 5.69 Å². The van der Waals surface area contributed by atoms with Crippen molar-refractivity contribution >= 4 is 11.9 Å². The van der Waals surface area contributed by atoms with Crippen LogP contribution in [0.2, 0.25) is 0 Å². The molecule has 1 unspecified atom stereocenters. The summed E-state index contributed by atoms with van der Waals surface area (Å²) in [5.41, 5.74) is 3.10. The number of benzene rings is 1. The van der Waals surface area contributed by atoms with E-state index in [9.17, 15) is 14.0 Å². The molecule has 1 aromatic heterocycles. The molecule has 0 spiro atoms. The van der Waals surface area contributed by atoms with Gasteiger partial charge in [-0.2, -0.15) is 5.10 Å². The zero-order valence-electron chi connectivity index (χ0n) is 16.4. The normalized spacial score (nSPS) is 19.1. The van der Waals surface area contributed by atoms with Gasteiger partial charge in [-0.25, -0.2) is 9.07 Å². The summed E-state index contributed by atoms with van der Waals surface area (Å²) in [5, 5.41) is 13.6. The van der Waals surface area contributed by atoms with E-state index < -0.39 is 5.97 Å². The molecule has 1 amide bonds. The molecule has 154 valence electrons. The predicted octanol–water partition coefficient (Wildman–Crippen LogP) is 3.61. The third-order valence-electron chi connectivity index (χ3n) is 6.01. The van der Waals surface area contributed by atoms with Crippen molar-refractivity contribution in [2.24, 2.45) is 5.92 Å². The molecule has 7 heteroatoms. The molecule has 4 rings (SSSR count). The van der Waals surface area contributed by atoms with Crippen molar-refractivity contribution in [2.75, 3.05) is 13.1 Å². The number of carboxylic acids is 1. The number of hydrogen-bond donors (Lipinski definition) is 1. The van der Waals surface area contributed by atoms with Crippen LogP contribution in [0.3, 0.4) is 0 Å². The molecule has 29 heavy (non-hydrogen) atoms. The fourth-order valence-electron chi connectivity index (χ4n) is 4.55. The number of nitrogens with zero attached hydrogens (tertiary/aromatic N) is 3. The van der Waals surface area contributed by atoms with Crippen molar-refractivity contribution in [3.8, 4) is 5.69 Å². The molecule has 6 nitrogen and oxygen atoms in total. The standard InChI is InChI=1S/C22H26FN3O3/c23-16-6-3-7-17(13-16)26-19-9-2-1-8-18(19)21(24-26)22(29)25-12-4-5-15(14-25)10-11-20(27)28/h3,6-7,13,15H,1-2,4-5,8-12,14H2,(H,27,28). The first kappa shape index (κ1) is 19.6. The Morgan fingerprint density at radius 2 is 2.03 bits per heavy atom. The van der Waals surface area contributed by atoms with Gasteiger partial charge in [0.05, 0.1) is 5.69 Å². The van der Waals surface area contributed by atoms with E-state index in [2.05, 4.69) is 5.10 Å². The molecule has 0 saturated carbocycles. The largest absolute Gasteiger partial charge is 0.481 e. The van der Waals surface area contributed by atoms with E-state index in [0.29, 0.717) is 30.9 Å². The van der Waals surface area contributed by atoms with E-state index in [1.54, 1.807) is 10.7 Å². The maximum absolute atomic E-state index is 13.8. The van der Waals surface area contributed by atoms with Gasteiger partial charge in [-0.15, -0.1) is 0 Å². The molecule has 1 fully saturated rings. The quantitative estimate of drug-likeness (QED) is 0.833. The minimum Gasteiger partial charge on any atom is -0.481 e. The van der Waals surface area contributed by atoms with Crippen LogP contribution < -0.4 is 0 Å². The highest BCUT2D eigenvalue weighted by Gasteiger charge is 2.31. The van der Waals surface area contributed by atoms with Crippen LogP contribution in [0.5, 0.6) is 0 Å². The van der Waals surface area contributed by atoms with Gasteiger partial charge in [0.25, 0.3) is 5.91 Å². The van der Waals surface area contributed by atoms with Gasteiger partial charge in [-0.05, 0) is 69.1 Å². The van der Waals surface area contributed by atoms with Gasteiger partial charge in [-0.3, -0.25) is 9.59 Å². The molecule has 2 heterocycles. The summed E-state index contributed by atoms with van der Waals surface area (Å²) in [6, 6.07) is 6.30. The van der Waals surface area contributed by atoms with Gasteiger partial charge in [-0.1, -0.05) is 6.07 Å². The molecule has 1 aliphatic heterocycles. The lowest BCUT2D eigenvalue weighted by Crippen LogP contribution is -2.40. The summed E-state index contributed by atoms with van der Waals surface area (Å²) in [5.74, 6) is -0.993. The SMILES string of the molecule is O=C(O)CCC1CCCN(C(=O)c2nn(-c3cccc(F)c3)c3c2CCCC3)C1. The fraction of sp³-hybridized carbons (Fsp3) is 0.500. The molecule has 0 bridgehead atoms. The molecule has 1 aliphatic carbocycles. The van der Waals surface area contributed by atoms with Crippen LogP contribution in [0.15, 0.2) is 24.3 Å². The highest BCUT2D eigenvalue weighted by Crippen LogP contribution is 2.29. The van der Waals surface area contributed by atoms with E-state index in [-0.39, 0.29) is 24.1 Å². The topological polar surface area (TPSA) is 75.4 Å². The Morgan fingerprint density at radius 1 is 1.21 bits per heavy atom. The molecule has 2 aliphatic rings. The minimum atomic E-state index is -0.795. The van der Waals surface area contributed by atoms with Crippen molar-refractivity contribution < 1.29 is 19.1 Å². The summed E-state index contributed by atoms with van der Waals surface area (Å²) in [4.78, 5) is 26.0. The Bertz CT molecular complexity index is 924. The lowest BCUT2D eigenvalue weighted by atomic mass is 9.92. The first-order valence-corrected chi connectivity index (χ1v) is 10.4. The number of carbonyl (C=O) groups is 2. The second-order valence-corrected chi connectivity index (χ2v) is 8.06. The highest BCUT2D eigenvalue weighted by molar-refractivity contribution is 5.94. The Labute approximate surface area is 169 Å². The first-order chi connectivity index (χ1) is 14.0. The zero-order valence-corrected chi connectivity index (χ0v) is 16.4. The van der Waals surface area contributed by atoms with E-state index in [1.165, 1.54) is 12.1 Å². The average molecular weight is 399 g/mol. The lowest BCUT2D eigenvalue weighted by molar-refractivity contribution is -0.137. The van der Waals surface area contributed by atoms with Crippen molar-refractivity contribution in [2.45, 2.75) is 51.4 Å². The maximum atomic E-state index is 13.8. The summed E-state index contributed by atoms with van der Waals surface area (Å²) in [7, 11) is 0. The van der Waals surface area contributed by atoms with Gasteiger partial charge in [0.2, 0.25) is 0 Å². The predicted molar refractivity (Wildman–Crippen MR) is 106 cm³/mol. The van der Waals surface area contributed by atoms with E-state index in [0.717, 1.165) is 49.8 Å². The Balaban J connectivity index is 1.61. The number of aromatic nitrogens is 2. The summed E-state index contributed by atoms with van der Waals surface area (Å²) < 4.78 is 15.5. The maximum Gasteiger partial charge on any atom is 0.303 e. The molecule has 1 N–H and O–H groups in total. The van der Waals surface area contributed by atoms with Gasteiger partial charge in [0.1, 0.15) is 5.82 Å². The van der Waals surface area contributed by atoms with Crippen molar-refractivity contribution in [1.29, 1.82) is 0 Å². The second kappa shape index (κ2) is 8.35. The molecule has 1 saturated heterocycles. The average Bonchev–Trinajstić information content (AvgIpc) is 3.12. The van der Waals surface area contributed by atoms with E-state index in [1.807, 2.05) is 11.0 Å². The summed E-state index contributed by atoms with van der Waals surface area (Å²) >= 11 is 0. The third kappa shape index (κ3) is 4.18. The number of hydrogen-bond acceptors (Lipinski definition) is 3. The first-order valence-electron chi connectivity index (χ1n) is 10.4. The Morgan fingerprint density at radius 3 is 2.83 bits per heavy atom. The number of halogens is 1. The third-order valence-corrected chi connectivity index (χ3v) is 6.01. The smallest absolute Gasteiger partial charge is 0.303 e. The molecular formula is C22H26FN3O3.